The molecule has 0 radical (unpaired) electrons. The number of anilines is 1. The minimum atomic E-state index is 0.0731. The van der Waals surface area contributed by atoms with Crippen molar-refractivity contribution in [2.24, 2.45) is 7.05 Å². The number of rotatable bonds is 5. The molecule has 0 amide bonds. The first kappa shape index (κ1) is 12.0. The van der Waals surface area contributed by atoms with Crippen LogP contribution in [0.1, 0.15) is 6.92 Å². The van der Waals surface area contributed by atoms with Gasteiger partial charge in [0.25, 0.3) is 0 Å². The molecule has 0 saturated heterocycles. The van der Waals surface area contributed by atoms with Gasteiger partial charge < -0.3 is 14.8 Å². The molecule has 1 N–H and O–H groups in total. The average Bonchev–Trinajstić information content (AvgIpc) is 2.75. The molecule has 2 rings (SSSR count). The Hall–Kier alpha value is -2.45. The molecule has 0 aliphatic heterocycles. The lowest BCUT2D eigenvalue weighted by atomic mass is 10.8. The van der Waals surface area contributed by atoms with Crippen LogP contribution in [0.3, 0.4) is 0 Å². The molecule has 0 saturated carbocycles. The molecular formula is C9H13N7O2. The second-order valence-electron chi connectivity index (χ2n) is 3.21. The Morgan fingerprint density at radius 3 is 2.61 bits per heavy atom. The van der Waals surface area contributed by atoms with Crippen LogP contribution in [-0.2, 0) is 7.05 Å². The molecule has 0 unspecified atom stereocenters. The van der Waals surface area contributed by atoms with E-state index in [1.165, 1.54) is 11.0 Å². The highest BCUT2D eigenvalue weighted by atomic mass is 16.5. The van der Waals surface area contributed by atoms with Gasteiger partial charge in [0.1, 0.15) is 6.33 Å². The molecule has 96 valence electrons. The van der Waals surface area contributed by atoms with Crippen molar-refractivity contribution in [2.75, 3.05) is 19.0 Å². The molecule has 0 fully saturated rings. The molecule has 9 heteroatoms. The monoisotopic (exact) mass is 251 g/mol. The molecule has 0 aromatic carbocycles. The van der Waals surface area contributed by atoms with Gasteiger partial charge in [-0.1, -0.05) is 0 Å². The first-order chi connectivity index (χ1) is 8.71. The van der Waals surface area contributed by atoms with Crippen molar-refractivity contribution in [1.82, 2.24) is 29.7 Å². The number of nitrogens with one attached hydrogen (secondary N) is 1. The van der Waals surface area contributed by atoms with Crippen LogP contribution in [0.4, 0.5) is 5.95 Å². The number of ether oxygens (including phenoxy) is 2. The molecule has 2 heterocycles. The molecule has 0 aliphatic carbocycles. The molecular weight excluding hydrogens is 238 g/mol. The van der Waals surface area contributed by atoms with Gasteiger partial charge >= 0.3 is 18.0 Å². The van der Waals surface area contributed by atoms with E-state index in [1.807, 2.05) is 6.92 Å². The summed E-state index contributed by atoms with van der Waals surface area (Å²) in [6.07, 6.45) is 1.51. The summed E-state index contributed by atoms with van der Waals surface area (Å²) < 4.78 is 12.0. The van der Waals surface area contributed by atoms with Crippen molar-refractivity contribution < 1.29 is 9.47 Å². The topological polar surface area (TPSA) is 99.9 Å². The average molecular weight is 251 g/mol. The van der Waals surface area contributed by atoms with Crippen LogP contribution in [0.2, 0.25) is 0 Å². The maximum Gasteiger partial charge on any atom is 0.343 e. The van der Waals surface area contributed by atoms with Gasteiger partial charge in [0.05, 0.1) is 6.61 Å². The Balaban J connectivity index is 2.23. The van der Waals surface area contributed by atoms with Crippen molar-refractivity contribution in [3.63, 3.8) is 0 Å². The van der Waals surface area contributed by atoms with Gasteiger partial charge in [0.2, 0.25) is 5.95 Å². The van der Waals surface area contributed by atoms with Crippen LogP contribution in [0.25, 0.3) is 0 Å². The third-order valence-electron chi connectivity index (χ3n) is 1.85. The zero-order chi connectivity index (χ0) is 13.0. The van der Waals surface area contributed by atoms with Gasteiger partial charge in [0.15, 0.2) is 0 Å². The highest BCUT2D eigenvalue weighted by Gasteiger charge is 2.10. The zero-order valence-corrected chi connectivity index (χ0v) is 10.3. The minimum Gasteiger partial charge on any atom is -0.464 e. The van der Waals surface area contributed by atoms with E-state index in [4.69, 9.17) is 9.47 Å². The lowest BCUT2D eigenvalue weighted by Crippen LogP contribution is -2.05. The van der Waals surface area contributed by atoms with E-state index in [0.717, 1.165) is 0 Å². The summed E-state index contributed by atoms with van der Waals surface area (Å²) >= 11 is 0. The van der Waals surface area contributed by atoms with Crippen molar-refractivity contribution in [3.8, 4) is 18.0 Å². The maximum atomic E-state index is 5.30. The van der Waals surface area contributed by atoms with Gasteiger partial charge in [-0.3, -0.25) is 4.68 Å². The zero-order valence-electron chi connectivity index (χ0n) is 10.3. The summed E-state index contributed by atoms with van der Waals surface area (Å²) in [7, 11) is 3.42. The Morgan fingerprint density at radius 2 is 2.00 bits per heavy atom. The third-order valence-corrected chi connectivity index (χ3v) is 1.85. The summed E-state index contributed by atoms with van der Waals surface area (Å²) in [5.41, 5.74) is 0. The van der Waals surface area contributed by atoms with E-state index < -0.39 is 0 Å². The number of nitrogens with zero attached hydrogens (tertiary/aromatic N) is 6. The van der Waals surface area contributed by atoms with E-state index in [1.54, 1.807) is 14.1 Å². The first-order valence-corrected chi connectivity index (χ1v) is 5.31. The second kappa shape index (κ2) is 5.25. The lowest BCUT2D eigenvalue weighted by molar-refractivity contribution is 0.301. The van der Waals surface area contributed by atoms with Crippen LogP contribution in [0.15, 0.2) is 6.33 Å². The Kier molecular flexibility index (Phi) is 3.51. The fourth-order valence-corrected chi connectivity index (χ4v) is 1.14. The molecule has 0 atom stereocenters. The quantitative estimate of drug-likeness (QED) is 0.806. The predicted molar refractivity (Wildman–Crippen MR) is 61.6 cm³/mol. The fourth-order valence-electron chi connectivity index (χ4n) is 1.14. The first-order valence-electron chi connectivity index (χ1n) is 5.31. The molecule has 0 aliphatic rings. The van der Waals surface area contributed by atoms with Crippen LogP contribution >= 0.6 is 0 Å². The van der Waals surface area contributed by atoms with E-state index >= 15 is 0 Å². The van der Waals surface area contributed by atoms with Crippen molar-refractivity contribution in [3.05, 3.63) is 6.33 Å². The summed E-state index contributed by atoms with van der Waals surface area (Å²) in [6.45, 7) is 2.29. The summed E-state index contributed by atoms with van der Waals surface area (Å²) in [5.74, 6) is 0.347. The van der Waals surface area contributed by atoms with Crippen LogP contribution in [0, 0.1) is 0 Å². The molecule has 0 spiro atoms. The molecule has 2 aromatic heterocycles. The number of aromatic nitrogens is 6. The molecule has 0 bridgehead atoms. The van der Waals surface area contributed by atoms with E-state index in [0.29, 0.717) is 12.6 Å². The Morgan fingerprint density at radius 1 is 1.22 bits per heavy atom. The summed E-state index contributed by atoms with van der Waals surface area (Å²) in [6, 6.07) is 0.417. The van der Waals surface area contributed by atoms with E-state index in [2.05, 4.69) is 30.4 Å². The van der Waals surface area contributed by atoms with Crippen LogP contribution in [0.5, 0.6) is 18.0 Å². The number of hydrogen-bond acceptors (Lipinski definition) is 8. The highest BCUT2D eigenvalue weighted by molar-refractivity contribution is 5.26. The van der Waals surface area contributed by atoms with Crippen LogP contribution in [-0.4, -0.2) is 43.4 Å². The molecule has 9 nitrogen and oxygen atoms in total. The second-order valence-corrected chi connectivity index (χ2v) is 3.21. The molecule has 2 aromatic rings. The van der Waals surface area contributed by atoms with Crippen molar-refractivity contribution in [2.45, 2.75) is 6.92 Å². The Labute approximate surface area is 103 Å². The van der Waals surface area contributed by atoms with Gasteiger partial charge in [-0.2, -0.15) is 15.0 Å². The van der Waals surface area contributed by atoms with E-state index in [9.17, 15) is 0 Å². The largest absolute Gasteiger partial charge is 0.464 e. The normalized spacial score (nSPS) is 10.2. The SMILES string of the molecule is CCOc1nc(NC)nc(Oc2ncn(C)n2)n1. The van der Waals surface area contributed by atoms with E-state index in [-0.39, 0.29) is 18.0 Å². The number of hydrogen-bond donors (Lipinski definition) is 1. The highest BCUT2D eigenvalue weighted by Crippen LogP contribution is 2.16. The smallest absolute Gasteiger partial charge is 0.343 e. The van der Waals surface area contributed by atoms with Crippen molar-refractivity contribution >= 4 is 5.95 Å². The summed E-state index contributed by atoms with van der Waals surface area (Å²) in [5, 5.41) is 6.75. The maximum absolute atomic E-state index is 5.30. The third kappa shape index (κ3) is 2.81. The molecule has 18 heavy (non-hydrogen) atoms. The lowest BCUT2D eigenvalue weighted by Gasteiger charge is -2.05. The van der Waals surface area contributed by atoms with Gasteiger partial charge in [-0.25, -0.2) is 0 Å². The van der Waals surface area contributed by atoms with Crippen molar-refractivity contribution in [1.29, 1.82) is 0 Å². The van der Waals surface area contributed by atoms with Gasteiger partial charge in [-0.15, -0.1) is 10.1 Å². The fraction of sp³-hybridized carbons (Fsp3) is 0.444. The number of aryl methyl sites for hydroxylation is 1. The van der Waals surface area contributed by atoms with Gasteiger partial charge in [0, 0.05) is 14.1 Å². The predicted octanol–water partition coefficient (Wildman–Crippen LogP) is 0.233. The van der Waals surface area contributed by atoms with Crippen LogP contribution < -0.4 is 14.8 Å². The minimum absolute atomic E-state index is 0.0731. The van der Waals surface area contributed by atoms with Gasteiger partial charge in [-0.05, 0) is 6.92 Å². The Bertz CT molecular complexity index is 527. The summed E-state index contributed by atoms with van der Waals surface area (Å²) in [4.78, 5) is 15.9. The standard InChI is InChI=1S/C9H13N7O2/c1-4-17-8-12-6(10-2)13-9(14-8)18-7-11-5-16(3)15-7/h5H,4H2,1-3H3,(H,10,12,13,14).